The molecule has 4 nitrogen and oxygen atoms in total. The second-order valence-corrected chi connectivity index (χ2v) is 5.83. The molecule has 0 radical (unpaired) electrons. The number of carbonyl (C=O) groups is 1. The van der Waals surface area contributed by atoms with Crippen molar-refractivity contribution in [1.82, 2.24) is 10.3 Å². The molecule has 1 amide bonds. The first-order valence-corrected chi connectivity index (χ1v) is 8.17. The SMILES string of the molecule is C[C@H](NC(=O)CCc1ncc(-c2ccccc2)o1)c1ccc(F)cc1. The Morgan fingerprint density at radius 1 is 1.16 bits per heavy atom. The van der Waals surface area contributed by atoms with Crippen LogP contribution in [0.15, 0.2) is 65.2 Å². The van der Waals surface area contributed by atoms with Gasteiger partial charge >= 0.3 is 0 Å². The minimum atomic E-state index is -0.291. The third kappa shape index (κ3) is 4.53. The van der Waals surface area contributed by atoms with Crippen molar-refractivity contribution in [2.45, 2.75) is 25.8 Å². The number of hydrogen-bond acceptors (Lipinski definition) is 3. The number of hydrogen-bond donors (Lipinski definition) is 1. The summed E-state index contributed by atoms with van der Waals surface area (Å²) in [5.74, 6) is 0.829. The molecule has 0 aliphatic rings. The summed E-state index contributed by atoms with van der Waals surface area (Å²) in [5, 5.41) is 2.89. The van der Waals surface area contributed by atoms with Crippen molar-refractivity contribution in [3.63, 3.8) is 0 Å². The number of aryl methyl sites for hydroxylation is 1. The monoisotopic (exact) mass is 338 g/mol. The Hall–Kier alpha value is -2.95. The highest BCUT2D eigenvalue weighted by molar-refractivity contribution is 5.76. The highest BCUT2D eigenvalue weighted by atomic mass is 19.1. The average molecular weight is 338 g/mol. The lowest BCUT2D eigenvalue weighted by atomic mass is 10.1. The van der Waals surface area contributed by atoms with Crippen LogP contribution in [0.2, 0.25) is 0 Å². The molecule has 0 spiro atoms. The molecular formula is C20H19FN2O2. The molecule has 25 heavy (non-hydrogen) atoms. The van der Waals surface area contributed by atoms with Gasteiger partial charge in [-0.15, -0.1) is 0 Å². The molecule has 1 N–H and O–H groups in total. The van der Waals surface area contributed by atoms with Crippen molar-refractivity contribution in [1.29, 1.82) is 0 Å². The van der Waals surface area contributed by atoms with Crippen LogP contribution in [0.3, 0.4) is 0 Å². The number of halogens is 1. The van der Waals surface area contributed by atoms with Crippen molar-refractivity contribution in [2.75, 3.05) is 0 Å². The van der Waals surface area contributed by atoms with E-state index in [1.807, 2.05) is 37.3 Å². The topological polar surface area (TPSA) is 55.1 Å². The lowest BCUT2D eigenvalue weighted by Crippen LogP contribution is -2.26. The van der Waals surface area contributed by atoms with Gasteiger partial charge in [-0.1, -0.05) is 42.5 Å². The van der Waals surface area contributed by atoms with Gasteiger partial charge in [0.1, 0.15) is 5.82 Å². The largest absolute Gasteiger partial charge is 0.441 e. The van der Waals surface area contributed by atoms with Crippen LogP contribution in [0, 0.1) is 5.82 Å². The molecule has 3 rings (SSSR count). The lowest BCUT2D eigenvalue weighted by Gasteiger charge is -2.14. The van der Waals surface area contributed by atoms with Crippen molar-refractivity contribution in [3.8, 4) is 11.3 Å². The standard InChI is InChI=1S/C20H19FN2O2/c1-14(15-7-9-17(21)10-8-15)23-19(24)11-12-20-22-13-18(25-20)16-5-3-2-4-6-16/h2-10,13-14H,11-12H2,1H3,(H,23,24)/t14-/m0/s1. The Kier molecular flexibility index (Phi) is 5.23. The Morgan fingerprint density at radius 2 is 1.88 bits per heavy atom. The molecule has 1 aromatic heterocycles. The molecular weight excluding hydrogens is 319 g/mol. The molecule has 128 valence electrons. The normalized spacial score (nSPS) is 11.9. The molecule has 3 aromatic rings. The molecule has 1 heterocycles. The molecule has 0 fully saturated rings. The summed E-state index contributed by atoms with van der Waals surface area (Å²) in [4.78, 5) is 16.3. The highest BCUT2D eigenvalue weighted by Crippen LogP contribution is 2.20. The Bertz CT molecular complexity index is 828. The van der Waals surface area contributed by atoms with Crippen LogP contribution in [-0.2, 0) is 11.2 Å². The van der Waals surface area contributed by atoms with Crippen LogP contribution in [-0.4, -0.2) is 10.9 Å². The Balaban J connectivity index is 1.52. The third-order valence-corrected chi connectivity index (χ3v) is 3.93. The van der Waals surface area contributed by atoms with E-state index in [0.717, 1.165) is 11.1 Å². The molecule has 2 aromatic carbocycles. The average Bonchev–Trinajstić information content (AvgIpc) is 3.10. The van der Waals surface area contributed by atoms with E-state index in [2.05, 4.69) is 10.3 Å². The predicted octanol–water partition coefficient (Wildman–Crippen LogP) is 4.29. The van der Waals surface area contributed by atoms with Gasteiger partial charge in [0.05, 0.1) is 12.2 Å². The summed E-state index contributed by atoms with van der Waals surface area (Å²) >= 11 is 0. The van der Waals surface area contributed by atoms with Crippen LogP contribution < -0.4 is 5.32 Å². The van der Waals surface area contributed by atoms with E-state index in [0.29, 0.717) is 18.1 Å². The molecule has 0 saturated carbocycles. The summed E-state index contributed by atoms with van der Waals surface area (Å²) in [6.45, 7) is 1.86. The van der Waals surface area contributed by atoms with Crippen molar-refractivity contribution < 1.29 is 13.6 Å². The van der Waals surface area contributed by atoms with Crippen LogP contribution >= 0.6 is 0 Å². The highest BCUT2D eigenvalue weighted by Gasteiger charge is 2.12. The van der Waals surface area contributed by atoms with Crippen LogP contribution in [0.1, 0.15) is 30.8 Å². The number of oxazole rings is 1. The maximum atomic E-state index is 12.9. The second kappa shape index (κ2) is 7.75. The van der Waals surface area contributed by atoms with Gasteiger partial charge in [0.25, 0.3) is 0 Å². The minimum absolute atomic E-state index is 0.101. The van der Waals surface area contributed by atoms with E-state index in [-0.39, 0.29) is 24.2 Å². The quantitative estimate of drug-likeness (QED) is 0.729. The number of benzene rings is 2. The fourth-order valence-electron chi connectivity index (χ4n) is 2.53. The van der Waals surface area contributed by atoms with Gasteiger partial charge in [0, 0.05) is 18.4 Å². The fourth-order valence-corrected chi connectivity index (χ4v) is 2.53. The zero-order valence-corrected chi connectivity index (χ0v) is 13.9. The van der Waals surface area contributed by atoms with E-state index in [1.165, 1.54) is 12.1 Å². The van der Waals surface area contributed by atoms with Crippen LogP contribution in [0.5, 0.6) is 0 Å². The summed E-state index contributed by atoms with van der Waals surface area (Å²) in [6, 6.07) is 15.6. The van der Waals surface area contributed by atoms with Gasteiger partial charge in [-0.05, 0) is 24.6 Å². The van der Waals surface area contributed by atoms with Gasteiger partial charge in [-0.2, -0.15) is 0 Å². The number of amides is 1. The zero-order valence-electron chi connectivity index (χ0n) is 13.9. The van der Waals surface area contributed by atoms with Gasteiger partial charge in [0.2, 0.25) is 5.91 Å². The lowest BCUT2D eigenvalue weighted by molar-refractivity contribution is -0.121. The third-order valence-electron chi connectivity index (χ3n) is 3.93. The van der Waals surface area contributed by atoms with Crippen LogP contribution in [0.4, 0.5) is 4.39 Å². The number of nitrogens with zero attached hydrogens (tertiary/aromatic N) is 1. The molecule has 0 aliphatic carbocycles. The van der Waals surface area contributed by atoms with E-state index < -0.39 is 0 Å². The zero-order chi connectivity index (χ0) is 17.6. The number of rotatable bonds is 6. The van der Waals surface area contributed by atoms with Gasteiger partial charge < -0.3 is 9.73 Å². The summed E-state index contributed by atoms with van der Waals surface area (Å²) in [6.07, 6.45) is 2.37. The smallest absolute Gasteiger partial charge is 0.220 e. The molecule has 0 bridgehead atoms. The maximum absolute atomic E-state index is 12.9. The first-order valence-electron chi connectivity index (χ1n) is 8.17. The van der Waals surface area contributed by atoms with Crippen molar-refractivity contribution in [3.05, 3.63) is 78.1 Å². The second-order valence-electron chi connectivity index (χ2n) is 5.83. The molecule has 1 atom stereocenters. The summed E-state index contributed by atoms with van der Waals surface area (Å²) < 4.78 is 18.6. The van der Waals surface area contributed by atoms with Crippen molar-refractivity contribution in [2.24, 2.45) is 0 Å². The van der Waals surface area contributed by atoms with Gasteiger partial charge in [0.15, 0.2) is 11.7 Å². The molecule has 0 unspecified atom stereocenters. The Morgan fingerprint density at radius 3 is 2.60 bits per heavy atom. The maximum Gasteiger partial charge on any atom is 0.220 e. The number of nitrogens with one attached hydrogen (secondary N) is 1. The van der Waals surface area contributed by atoms with E-state index in [1.54, 1.807) is 18.3 Å². The fraction of sp³-hybridized carbons (Fsp3) is 0.200. The van der Waals surface area contributed by atoms with Gasteiger partial charge in [-0.25, -0.2) is 9.37 Å². The number of aromatic nitrogens is 1. The Labute approximate surface area is 145 Å². The first kappa shape index (κ1) is 16.9. The first-order chi connectivity index (χ1) is 12.1. The summed E-state index contributed by atoms with van der Waals surface area (Å²) in [7, 11) is 0. The van der Waals surface area contributed by atoms with E-state index in [9.17, 15) is 9.18 Å². The minimum Gasteiger partial charge on any atom is -0.441 e. The molecule has 0 saturated heterocycles. The summed E-state index contributed by atoms with van der Waals surface area (Å²) in [5.41, 5.74) is 1.81. The molecule has 0 aliphatic heterocycles. The predicted molar refractivity (Wildman–Crippen MR) is 93.2 cm³/mol. The van der Waals surface area contributed by atoms with Gasteiger partial charge in [-0.3, -0.25) is 4.79 Å². The number of carbonyl (C=O) groups excluding carboxylic acids is 1. The van der Waals surface area contributed by atoms with Crippen molar-refractivity contribution >= 4 is 5.91 Å². The van der Waals surface area contributed by atoms with E-state index in [4.69, 9.17) is 4.42 Å². The van der Waals surface area contributed by atoms with E-state index >= 15 is 0 Å². The van der Waals surface area contributed by atoms with Crippen LogP contribution in [0.25, 0.3) is 11.3 Å². The molecule has 5 heteroatoms.